The minimum atomic E-state index is 0.479. The molecule has 0 saturated carbocycles. The number of benzene rings is 2. The largest absolute Gasteiger partial charge is 0.284 e. The zero-order chi connectivity index (χ0) is 19.0. The van der Waals surface area contributed by atoms with E-state index < -0.39 is 0 Å². The van der Waals surface area contributed by atoms with E-state index in [9.17, 15) is 0 Å². The van der Waals surface area contributed by atoms with Gasteiger partial charge < -0.3 is 0 Å². The number of hydrogen-bond donors (Lipinski definition) is 1. The molecule has 4 rings (SSSR count). The minimum Gasteiger partial charge on any atom is -0.284 e. The van der Waals surface area contributed by atoms with Crippen LogP contribution in [0.1, 0.15) is 35.4 Å². The second kappa shape index (κ2) is 8.12. The fraction of sp³-hybridized carbons (Fsp3) is 0.350. The highest BCUT2D eigenvalue weighted by Crippen LogP contribution is 2.49. The van der Waals surface area contributed by atoms with Gasteiger partial charge >= 0.3 is 0 Å². The number of aliphatic imine (C=N–C) groups is 1. The zero-order valence-electron chi connectivity index (χ0n) is 14.9. The molecule has 142 valence electrons. The average Bonchev–Trinajstić information content (AvgIpc) is 3.03. The lowest BCUT2D eigenvalue weighted by Crippen LogP contribution is -2.40. The third kappa shape index (κ3) is 3.91. The summed E-state index contributed by atoms with van der Waals surface area (Å²) in [5.41, 5.74) is 8.25. The van der Waals surface area contributed by atoms with Crippen molar-refractivity contribution in [3.8, 4) is 0 Å². The number of halogens is 3. The monoisotopic (exact) mass is 439 g/mol. The van der Waals surface area contributed by atoms with Crippen LogP contribution in [0.3, 0.4) is 0 Å². The van der Waals surface area contributed by atoms with Crippen molar-refractivity contribution < 1.29 is 0 Å². The van der Waals surface area contributed by atoms with Crippen LogP contribution in [0.25, 0.3) is 0 Å². The summed E-state index contributed by atoms with van der Waals surface area (Å²) in [4.78, 5) is 4.73. The molecule has 1 N–H and O–H groups in total. The van der Waals surface area contributed by atoms with Crippen molar-refractivity contribution in [3.05, 3.63) is 62.1 Å². The summed E-state index contributed by atoms with van der Waals surface area (Å²) in [5, 5.41) is 5.24. The zero-order valence-corrected chi connectivity index (χ0v) is 18.0. The molecule has 0 saturated heterocycles. The normalized spacial score (nSPS) is 18.6. The molecule has 1 heterocycles. The van der Waals surface area contributed by atoms with E-state index in [1.807, 2.05) is 36.6 Å². The third-order valence-corrected chi connectivity index (χ3v) is 6.64. The van der Waals surface area contributed by atoms with Crippen LogP contribution >= 0.6 is 46.6 Å². The third-order valence-electron chi connectivity index (χ3n) is 5.15. The number of hydrazine groups is 1. The Morgan fingerprint density at radius 2 is 2.00 bits per heavy atom. The minimum absolute atomic E-state index is 0.479. The van der Waals surface area contributed by atoms with Gasteiger partial charge in [0.2, 0.25) is 0 Å². The first-order chi connectivity index (χ1) is 13.1. The van der Waals surface area contributed by atoms with Crippen LogP contribution in [-0.2, 0) is 13.0 Å². The molecular weight excluding hydrogens is 421 g/mol. The lowest BCUT2D eigenvalue weighted by atomic mass is 9.84. The Morgan fingerprint density at radius 1 is 1.22 bits per heavy atom. The van der Waals surface area contributed by atoms with E-state index in [2.05, 4.69) is 10.4 Å². The molecule has 3 nitrogen and oxygen atoms in total. The van der Waals surface area contributed by atoms with Gasteiger partial charge in [0.15, 0.2) is 5.17 Å². The first-order valence-corrected chi connectivity index (χ1v) is 11.3. The number of nitrogens with one attached hydrogen (secondary N) is 1. The molecule has 2 aromatic carbocycles. The number of hydrogen-bond acceptors (Lipinski definition) is 3. The second-order valence-electron chi connectivity index (χ2n) is 6.84. The predicted octanol–water partition coefficient (Wildman–Crippen LogP) is 6.31. The summed E-state index contributed by atoms with van der Waals surface area (Å²) in [6, 6.07) is 9.65. The molecule has 0 radical (unpaired) electrons. The average molecular weight is 441 g/mol. The second-order valence-corrected chi connectivity index (χ2v) is 8.89. The summed E-state index contributed by atoms with van der Waals surface area (Å²) in [5.74, 6) is 0.479. The number of rotatable bonds is 3. The maximum atomic E-state index is 6.58. The van der Waals surface area contributed by atoms with Crippen LogP contribution in [0.15, 0.2) is 35.3 Å². The molecule has 0 aromatic heterocycles. The van der Waals surface area contributed by atoms with E-state index in [0.29, 0.717) is 17.5 Å². The summed E-state index contributed by atoms with van der Waals surface area (Å²) in [6.07, 6.45) is 5.40. The van der Waals surface area contributed by atoms with Crippen LogP contribution in [0.4, 0.5) is 5.69 Å². The lowest BCUT2D eigenvalue weighted by Gasteiger charge is -2.23. The summed E-state index contributed by atoms with van der Waals surface area (Å²) >= 11 is 20.6. The molecule has 1 unspecified atom stereocenters. The van der Waals surface area contributed by atoms with Crippen LogP contribution in [-0.4, -0.2) is 18.0 Å². The fourth-order valence-electron chi connectivity index (χ4n) is 3.91. The summed E-state index contributed by atoms with van der Waals surface area (Å²) < 4.78 is 0. The van der Waals surface area contributed by atoms with Crippen molar-refractivity contribution in [2.24, 2.45) is 4.99 Å². The van der Waals surface area contributed by atoms with E-state index in [1.54, 1.807) is 11.8 Å². The lowest BCUT2D eigenvalue weighted by molar-refractivity contribution is 0.568. The molecule has 2 aromatic rings. The van der Waals surface area contributed by atoms with Crippen LogP contribution in [0, 0.1) is 0 Å². The molecule has 7 heteroatoms. The van der Waals surface area contributed by atoms with Crippen molar-refractivity contribution in [3.63, 3.8) is 0 Å². The topological polar surface area (TPSA) is 27.6 Å². The van der Waals surface area contributed by atoms with E-state index >= 15 is 0 Å². The molecule has 0 amide bonds. The van der Waals surface area contributed by atoms with Gasteiger partial charge in [-0.3, -0.25) is 15.4 Å². The van der Waals surface area contributed by atoms with Gasteiger partial charge in [-0.2, -0.15) is 0 Å². The maximum absolute atomic E-state index is 6.58. The number of amidine groups is 1. The molecule has 1 atom stereocenters. The van der Waals surface area contributed by atoms with Crippen molar-refractivity contribution >= 4 is 57.4 Å². The Labute approximate surface area is 179 Å². The molecule has 0 bridgehead atoms. The Morgan fingerprint density at radius 3 is 2.74 bits per heavy atom. The van der Waals surface area contributed by atoms with Gasteiger partial charge in [-0.15, -0.1) is 0 Å². The molecule has 1 aliphatic carbocycles. The summed E-state index contributed by atoms with van der Waals surface area (Å²) in [6.45, 7) is 1.49. The standard InChI is InChI=1S/C20H20Cl3N3S/c1-27-20(24-10-12-5-7-14(21)8-6-12)25-26-11-13-3-2-4-15-16(22)9-17(23)19(26)18(13)15/h5-9,13H,2-4,10-11H2,1H3,(H,24,25). The number of thioether (sulfide) groups is 1. The van der Waals surface area contributed by atoms with E-state index in [0.717, 1.165) is 39.4 Å². The molecule has 0 fully saturated rings. The van der Waals surface area contributed by atoms with Crippen molar-refractivity contribution in [1.29, 1.82) is 0 Å². The summed E-state index contributed by atoms with van der Waals surface area (Å²) in [7, 11) is 0. The maximum Gasteiger partial charge on any atom is 0.175 e. The highest BCUT2D eigenvalue weighted by molar-refractivity contribution is 8.13. The SMILES string of the molecule is CSC(=NCc1ccc(Cl)cc1)NN1CC2CCCc3c(Cl)cc(Cl)c1c32. The first kappa shape index (κ1) is 19.3. The van der Waals surface area contributed by atoms with E-state index in [-0.39, 0.29) is 0 Å². The Kier molecular flexibility index (Phi) is 5.79. The van der Waals surface area contributed by atoms with Crippen molar-refractivity contribution in [2.45, 2.75) is 31.7 Å². The van der Waals surface area contributed by atoms with Gasteiger partial charge in [-0.05, 0) is 60.4 Å². The van der Waals surface area contributed by atoms with Gasteiger partial charge in [-0.1, -0.05) is 58.7 Å². The smallest absolute Gasteiger partial charge is 0.175 e. The van der Waals surface area contributed by atoms with Gasteiger partial charge in [0, 0.05) is 22.5 Å². The molecule has 1 aliphatic heterocycles. The van der Waals surface area contributed by atoms with Crippen LogP contribution < -0.4 is 10.4 Å². The molecular formula is C20H20Cl3N3S. The van der Waals surface area contributed by atoms with Crippen molar-refractivity contribution in [1.82, 2.24) is 5.43 Å². The van der Waals surface area contributed by atoms with E-state index in [4.69, 9.17) is 39.8 Å². The van der Waals surface area contributed by atoms with E-state index in [1.165, 1.54) is 24.0 Å². The molecule has 27 heavy (non-hydrogen) atoms. The molecule has 0 spiro atoms. The Hall–Kier alpha value is -1.07. The van der Waals surface area contributed by atoms with Crippen LogP contribution in [0.2, 0.25) is 15.1 Å². The Balaban J connectivity index is 1.57. The predicted molar refractivity (Wildman–Crippen MR) is 119 cm³/mol. The van der Waals surface area contributed by atoms with Crippen LogP contribution in [0.5, 0.6) is 0 Å². The van der Waals surface area contributed by atoms with Gasteiger partial charge in [0.1, 0.15) is 0 Å². The quantitative estimate of drug-likeness (QED) is 0.447. The number of anilines is 1. The highest BCUT2D eigenvalue weighted by Gasteiger charge is 2.36. The number of nitrogens with zero attached hydrogens (tertiary/aromatic N) is 2. The van der Waals surface area contributed by atoms with Gasteiger partial charge in [0.25, 0.3) is 0 Å². The fourth-order valence-corrected chi connectivity index (χ4v) is 5.11. The van der Waals surface area contributed by atoms with Crippen molar-refractivity contribution in [2.75, 3.05) is 17.8 Å². The van der Waals surface area contributed by atoms with Gasteiger partial charge in [0.05, 0.1) is 17.3 Å². The highest BCUT2D eigenvalue weighted by atomic mass is 35.5. The Bertz CT molecular complexity index is 883. The molecule has 2 aliphatic rings. The van der Waals surface area contributed by atoms with Gasteiger partial charge in [-0.25, -0.2) is 0 Å². The first-order valence-electron chi connectivity index (χ1n) is 8.94.